The maximum absolute atomic E-state index is 12.8. The molecule has 0 aliphatic carbocycles. The average molecular weight is 789 g/mol. The number of alkyl halides is 6. The lowest BCUT2D eigenvalue weighted by Crippen LogP contribution is -2.18. The van der Waals surface area contributed by atoms with Crippen molar-refractivity contribution in [1.82, 2.24) is 15.3 Å². The molecule has 0 unspecified atom stereocenters. The topological polar surface area (TPSA) is 99.4 Å². The molecule has 0 saturated carbocycles. The van der Waals surface area contributed by atoms with Crippen LogP contribution in [-0.2, 0) is 18.9 Å². The molecular formula is C44H42F6N4O3. The fourth-order valence-corrected chi connectivity index (χ4v) is 5.43. The van der Waals surface area contributed by atoms with E-state index in [9.17, 15) is 31.1 Å². The summed E-state index contributed by atoms with van der Waals surface area (Å²) in [7, 11) is 2.89. The van der Waals surface area contributed by atoms with Gasteiger partial charge >= 0.3 is 12.4 Å². The number of methoxy groups -OCH3 is 2. The number of aromatic nitrogens is 2. The Kier molecular flexibility index (Phi) is 15.5. The van der Waals surface area contributed by atoms with E-state index in [0.29, 0.717) is 46.5 Å². The zero-order chi connectivity index (χ0) is 41.6. The van der Waals surface area contributed by atoms with Crippen LogP contribution in [0.2, 0.25) is 0 Å². The van der Waals surface area contributed by atoms with Gasteiger partial charge in [0.1, 0.15) is 0 Å². The van der Waals surface area contributed by atoms with Crippen molar-refractivity contribution in [2.75, 3.05) is 14.2 Å². The summed E-state index contributed by atoms with van der Waals surface area (Å²) in [6.07, 6.45) is -5.09. The number of benzene rings is 4. The van der Waals surface area contributed by atoms with E-state index >= 15 is 0 Å². The van der Waals surface area contributed by atoms with E-state index in [0.717, 1.165) is 29.8 Å². The van der Waals surface area contributed by atoms with Crippen LogP contribution in [0.25, 0.3) is 22.3 Å². The molecule has 57 heavy (non-hydrogen) atoms. The molecule has 2 heterocycles. The SMILES string of the molecule is COc1ncc(C=O)cc1-c1ccc(C(F)(F)F)cc1.COc1ncc(CN[C@H](C)c2ccccc2)cc1-c1ccc(C(F)(F)F)cc1.C[C@@H](N)c1ccccc1. The van der Waals surface area contributed by atoms with Crippen LogP contribution in [0, 0.1) is 0 Å². The van der Waals surface area contributed by atoms with Crippen molar-refractivity contribution in [3.05, 3.63) is 167 Å². The van der Waals surface area contributed by atoms with Crippen LogP contribution in [0.3, 0.4) is 0 Å². The molecule has 13 heteroatoms. The largest absolute Gasteiger partial charge is 0.481 e. The number of carbonyl (C=O) groups is 1. The van der Waals surface area contributed by atoms with Crippen LogP contribution in [0.1, 0.15) is 64.1 Å². The third-order valence-electron chi connectivity index (χ3n) is 8.59. The first kappa shape index (κ1) is 43.7. The fourth-order valence-electron chi connectivity index (χ4n) is 5.43. The maximum Gasteiger partial charge on any atom is 0.416 e. The van der Waals surface area contributed by atoms with Gasteiger partial charge in [0.15, 0.2) is 6.29 Å². The van der Waals surface area contributed by atoms with Crippen molar-refractivity contribution in [2.45, 2.75) is 44.8 Å². The standard InChI is InChI=1S/C22H21F3N2O.C14H10F3NO2.C8H11N/c1-15(17-6-4-3-5-7-17)26-13-16-12-20(21(28-2)27-14-16)18-8-10-19(11-9-18)22(23,24)25;1-20-13-12(6-9(8-19)7-18-13)10-2-4-11(5-3-10)14(15,16)17;1-7(9)8-5-3-2-4-6-8/h3-12,14-15,26H,13H2,1-2H3;2-8H,1H3;2-7H,9H2,1H3/t15-;;7-/m1.1/s1. The first-order chi connectivity index (χ1) is 27.1. The van der Waals surface area contributed by atoms with Crippen molar-refractivity contribution in [3.8, 4) is 34.0 Å². The van der Waals surface area contributed by atoms with E-state index in [4.69, 9.17) is 15.2 Å². The van der Waals surface area contributed by atoms with Gasteiger partial charge in [0, 0.05) is 47.7 Å². The molecule has 0 fully saturated rings. The fraction of sp³-hybridized carbons (Fsp3) is 0.205. The lowest BCUT2D eigenvalue weighted by atomic mass is 10.0. The second kappa shape index (κ2) is 20.2. The monoisotopic (exact) mass is 788 g/mol. The predicted octanol–water partition coefficient (Wildman–Crippen LogP) is 10.9. The number of aldehydes is 1. The van der Waals surface area contributed by atoms with E-state index in [-0.39, 0.29) is 18.0 Å². The van der Waals surface area contributed by atoms with Crippen molar-refractivity contribution in [1.29, 1.82) is 0 Å². The van der Waals surface area contributed by atoms with E-state index in [1.165, 1.54) is 61.9 Å². The van der Waals surface area contributed by atoms with Gasteiger partial charge in [-0.15, -0.1) is 0 Å². The summed E-state index contributed by atoms with van der Waals surface area (Å²) in [5.41, 5.74) is 10.0. The minimum Gasteiger partial charge on any atom is -0.481 e. The highest BCUT2D eigenvalue weighted by molar-refractivity contribution is 5.80. The molecule has 298 valence electrons. The number of nitrogens with zero attached hydrogens (tertiary/aromatic N) is 2. The normalized spacial score (nSPS) is 12.2. The lowest BCUT2D eigenvalue weighted by Gasteiger charge is -2.15. The Morgan fingerprint density at radius 1 is 0.649 bits per heavy atom. The van der Waals surface area contributed by atoms with Crippen molar-refractivity contribution in [2.24, 2.45) is 5.73 Å². The number of hydrogen-bond acceptors (Lipinski definition) is 7. The summed E-state index contributed by atoms with van der Waals surface area (Å²) < 4.78 is 86.3. The Morgan fingerprint density at radius 2 is 1.09 bits per heavy atom. The van der Waals surface area contributed by atoms with Crippen molar-refractivity contribution < 1.29 is 40.6 Å². The van der Waals surface area contributed by atoms with Crippen LogP contribution >= 0.6 is 0 Å². The molecule has 2 aromatic heterocycles. The molecule has 0 aliphatic rings. The predicted molar refractivity (Wildman–Crippen MR) is 209 cm³/mol. The van der Waals surface area contributed by atoms with Gasteiger partial charge in [0.2, 0.25) is 11.8 Å². The van der Waals surface area contributed by atoms with Crippen LogP contribution in [-0.4, -0.2) is 30.5 Å². The Hall–Kier alpha value is -6.05. The van der Waals surface area contributed by atoms with Crippen molar-refractivity contribution in [3.63, 3.8) is 0 Å². The lowest BCUT2D eigenvalue weighted by molar-refractivity contribution is -0.138. The summed E-state index contributed by atoms with van der Waals surface area (Å²) in [5, 5.41) is 3.43. The summed E-state index contributed by atoms with van der Waals surface area (Å²) in [5.74, 6) is 0.620. The van der Waals surface area contributed by atoms with Crippen molar-refractivity contribution >= 4 is 6.29 Å². The first-order valence-electron chi connectivity index (χ1n) is 17.6. The van der Waals surface area contributed by atoms with Crippen LogP contribution in [0.15, 0.2) is 134 Å². The highest BCUT2D eigenvalue weighted by Gasteiger charge is 2.31. The number of halogens is 6. The molecule has 0 saturated heterocycles. The molecule has 7 nitrogen and oxygen atoms in total. The second-order valence-electron chi connectivity index (χ2n) is 12.7. The van der Waals surface area contributed by atoms with Crippen LogP contribution in [0.5, 0.6) is 11.8 Å². The molecular weight excluding hydrogens is 746 g/mol. The van der Waals surface area contributed by atoms with Crippen LogP contribution < -0.4 is 20.5 Å². The van der Waals surface area contributed by atoms with Gasteiger partial charge in [-0.2, -0.15) is 26.3 Å². The summed E-state index contributed by atoms with van der Waals surface area (Å²) in [6, 6.07) is 33.4. The zero-order valence-corrected chi connectivity index (χ0v) is 31.6. The third kappa shape index (κ3) is 12.7. The Labute approximate surface area is 327 Å². The summed E-state index contributed by atoms with van der Waals surface area (Å²) in [6.45, 7) is 4.62. The van der Waals surface area contributed by atoms with Gasteiger partial charge in [-0.1, -0.05) is 84.9 Å². The molecule has 0 radical (unpaired) electrons. The molecule has 0 spiro atoms. The number of carbonyl (C=O) groups excluding carboxylic acids is 1. The molecule has 6 rings (SSSR count). The molecule has 3 N–H and O–H groups in total. The minimum absolute atomic E-state index is 0.151. The number of ether oxygens (including phenoxy) is 2. The molecule has 2 atom stereocenters. The second-order valence-corrected chi connectivity index (χ2v) is 12.7. The van der Waals surface area contributed by atoms with Gasteiger partial charge in [-0.3, -0.25) is 4.79 Å². The molecule has 0 amide bonds. The molecule has 0 aliphatic heterocycles. The van der Waals surface area contributed by atoms with E-state index in [1.54, 1.807) is 6.20 Å². The Balaban J connectivity index is 0.000000215. The molecule has 4 aromatic carbocycles. The average Bonchev–Trinajstić information content (AvgIpc) is 3.23. The zero-order valence-electron chi connectivity index (χ0n) is 31.6. The number of nitrogens with two attached hydrogens (primary N) is 1. The van der Waals surface area contributed by atoms with E-state index < -0.39 is 23.5 Å². The quantitative estimate of drug-likeness (QED) is 0.105. The Morgan fingerprint density at radius 3 is 1.49 bits per heavy atom. The Bertz CT molecular complexity index is 2150. The third-order valence-corrected chi connectivity index (χ3v) is 8.59. The van der Waals surface area contributed by atoms with E-state index in [2.05, 4.69) is 34.3 Å². The summed E-state index contributed by atoms with van der Waals surface area (Å²) in [4.78, 5) is 19.0. The number of pyridine rings is 2. The van der Waals surface area contributed by atoms with E-state index in [1.807, 2.05) is 61.5 Å². The van der Waals surface area contributed by atoms with Gasteiger partial charge in [0.05, 0.1) is 25.3 Å². The number of rotatable bonds is 10. The number of hydrogen-bond donors (Lipinski definition) is 2. The van der Waals surface area contributed by atoms with Gasteiger partial charge in [0.25, 0.3) is 0 Å². The minimum atomic E-state index is -4.38. The van der Waals surface area contributed by atoms with Gasteiger partial charge in [-0.05, 0) is 78.1 Å². The summed E-state index contributed by atoms with van der Waals surface area (Å²) >= 11 is 0. The first-order valence-corrected chi connectivity index (χ1v) is 17.6. The number of nitrogens with one attached hydrogen (secondary N) is 1. The molecule has 6 aromatic rings. The van der Waals surface area contributed by atoms with Gasteiger partial charge < -0.3 is 20.5 Å². The maximum atomic E-state index is 12.8. The van der Waals surface area contributed by atoms with Crippen LogP contribution in [0.4, 0.5) is 26.3 Å². The van der Waals surface area contributed by atoms with Gasteiger partial charge in [-0.25, -0.2) is 9.97 Å². The highest BCUT2D eigenvalue weighted by Crippen LogP contribution is 2.35. The smallest absolute Gasteiger partial charge is 0.416 e. The highest BCUT2D eigenvalue weighted by atomic mass is 19.4. The molecule has 0 bridgehead atoms.